The van der Waals surface area contributed by atoms with Gasteiger partial charge in [0, 0.05) is 12.8 Å². The van der Waals surface area contributed by atoms with Crippen molar-refractivity contribution in [2.24, 2.45) is 0 Å². The molecule has 2 saturated heterocycles. The second kappa shape index (κ2) is 32.7. The molecule has 2 aliphatic heterocycles. The molecule has 2 heterocycles. The molecular formula is C44H78O15. The van der Waals surface area contributed by atoms with Gasteiger partial charge < -0.3 is 64.2 Å². The van der Waals surface area contributed by atoms with E-state index < -0.39 is 99.3 Å². The van der Waals surface area contributed by atoms with Crippen LogP contribution in [0.2, 0.25) is 0 Å². The Balaban J connectivity index is 1.87. The Hall–Kier alpha value is -2.02. The number of aliphatic hydroxyl groups is 7. The highest BCUT2D eigenvalue weighted by Crippen LogP contribution is 2.26. The summed E-state index contributed by atoms with van der Waals surface area (Å²) in [6, 6.07) is 0. The summed E-state index contributed by atoms with van der Waals surface area (Å²) in [4.78, 5) is 25.5. The second-order valence-corrected chi connectivity index (χ2v) is 15.9. The van der Waals surface area contributed by atoms with Crippen LogP contribution in [0, 0.1) is 0 Å². The zero-order chi connectivity index (χ0) is 43.3. The first-order valence-corrected chi connectivity index (χ1v) is 22.4. The summed E-state index contributed by atoms with van der Waals surface area (Å²) in [5.41, 5.74) is 0. The van der Waals surface area contributed by atoms with Crippen LogP contribution in [0.3, 0.4) is 0 Å². The van der Waals surface area contributed by atoms with Crippen LogP contribution in [-0.4, -0.2) is 142 Å². The molecule has 0 aliphatic carbocycles. The molecule has 0 amide bonds. The van der Waals surface area contributed by atoms with Gasteiger partial charge in [0.05, 0.1) is 19.8 Å². The van der Waals surface area contributed by atoms with Crippen molar-refractivity contribution in [3.05, 3.63) is 24.3 Å². The number of hydrogen-bond acceptors (Lipinski definition) is 15. The summed E-state index contributed by atoms with van der Waals surface area (Å²) in [7, 11) is 0. The highest BCUT2D eigenvalue weighted by molar-refractivity contribution is 5.70. The maximum absolute atomic E-state index is 12.9. The highest BCUT2D eigenvalue weighted by atomic mass is 16.7. The fraction of sp³-hybridized carbons (Fsp3) is 0.864. The van der Waals surface area contributed by atoms with Crippen molar-refractivity contribution in [2.45, 2.75) is 216 Å². The number of carbonyl (C=O) groups is 2. The standard InChI is InChI=1S/C44H78O15/c1-3-5-7-9-11-13-14-15-16-17-18-19-21-23-25-27-36(47)57-32(29-54-35(46)26-24-22-20-12-10-8-6-4-2)30-55-43-42(53)40(51)38(49)34(59-43)31-56-44-41(52)39(50)37(48)33(28-45)58-44/h15-16,18-19,32-34,37-45,48-53H,3-14,17,20-31H2,1-2H3/b16-15+,19-18+/t32-,33-,34-,37+,38+,39?,40?,41?,42?,43-,44-/m1/s1. The van der Waals surface area contributed by atoms with Gasteiger partial charge in [0.2, 0.25) is 0 Å². The number of aliphatic hydroxyl groups excluding tert-OH is 7. The van der Waals surface area contributed by atoms with Gasteiger partial charge in [-0.05, 0) is 44.9 Å². The van der Waals surface area contributed by atoms with Crippen LogP contribution in [0.15, 0.2) is 24.3 Å². The van der Waals surface area contributed by atoms with Gasteiger partial charge in [-0.1, -0.05) is 115 Å². The first-order valence-electron chi connectivity index (χ1n) is 22.4. The molecule has 0 bridgehead atoms. The summed E-state index contributed by atoms with van der Waals surface area (Å²) in [6.07, 6.45) is 12.5. The number of ether oxygens (including phenoxy) is 6. The molecule has 0 spiro atoms. The van der Waals surface area contributed by atoms with E-state index >= 15 is 0 Å². The minimum Gasteiger partial charge on any atom is -0.462 e. The number of allylic oxidation sites excluding steroid dienone is 4. The molecule has 0 aromatic heterocycles. The Labute approximate surface area is 352 Å². The zero-order valence-electron chi connectivity index (χ0n) is 35.7. The molecular weight excluding hydrogens is 768 g/mol. The summed E-state index contributed by atoms with van der Waals surface area (Å²) in [6.45, 7) is 2.49. The van der Waals surface area contributed by atoms with Gasteiger partial charge in [-0.3, -0.25) is 9.59 Å². The number of carbonyl (C=O) groups excluding carboxylic acids is 2. The quantitative estimate of drug-likeness (QED) is 0.0275. The van der Waals surface area contributed by atoms with E-state index in [1.807, 2.05) is 0 Å². The first-order chi connectivity index (χ1) is 28.5. The van der Waals surface area contributed by atoms with Crippen LogP contribution in [0.5, 0.6) is 0 Å². The summed E-state index contributed by atoms with van der Waals surface area (Å²) in [5.74, 6) is -0.968. The molecule has 0 radical (unpaired) electrons. The minimum atomic E-state index is -1.77. The molecule has 4 unspecified atom stereocenters. The lowest BCUT2D eigenvalue weighted by Gasteiger charge is -2.42. The Morgan fingerprint density at radius 2 is 1.02 bits per heavy atom. The zero-order valence-corrected chi connectivity index (χ0v) is 35.7. The Morgan fingerprint density at radius 3 is 1.61 bits per heavy atom. The summed E-state index contributed by atoms with van der Waals surface area (Å²) in [5, 5.41) is 71.7. The lowest BCUT2D eigenvalue weighted by Crippen LogP contribution is -2.61. The molecule has 0 saturated carbocycles. The topological polar surface area (TPSA) is 231 Å². The van der Waals surface area contributed by atoms with Gasteiger partial charge in [-0.25, -0.2) is 0 Å². The maximum Gasteiger partial charge on any atom is 0.306 e. The van der Waals surface area contributed by atoms with Gasteiger partial charge in [0.25, 0.3) is 0 Å². The van der Waals surface area contributed by atoms with Crippen molar-refractivity contribution >= 4 is 11.9 Å². The fourth-order valence-electron chi connectivity index (χ4n) is 6.89. The molecule has 2 rings (SSSR count). The van der Waals surface area contributed by atoms with Crippen LogP contribution >= 0.6 is 0 Å². The van der Waals surface area contributed by atoms with E-state index in [9.17, 15) is 45.3 Å². The molecule has 2 aliphatic rings. The smallest absolute Gasteiger partial charge is 0.306 e. The van der Waals surface area contributed by atoms with Crippen molar-refractivity contribution in [3.63, 3.8) is 0 Å². The number of esters is 2. The van der Waals surface area contributed by atoms with Crippen molar-refractivity contribution < 1.29 is 73.8 Å². The first kappa shape index (κ1) is 53.1. The molecule has 2 fully saturated rings. The SMILES string of the molecule is CCCCCCCC/C=C/C/C=C/CCCCC(=O)O[C@H](COC(=O)CCCCCCCCCC)CO[C@@H]1O[C@H](CO[C@@H]2O[C@H](CO)[C@H](O)C(O)C2O)[C@H](O)C(O)C1O. The average Bonchev–Trinajstić information content (AvgIpc) is 3.23. The van der Waals surface area contributed by atoms with Crippen LogP contribution < -0.4 is 0 Å². The number of rotatable bonds is 33. The summed E-state index contributed by atoms with van der Waals surface area (Å²) < 4.78 is 33.3. The van der Waals surface area contributed by atoms with E-state index in [0.29, 0.717) is 12.8 Å². The Bertz CT molecular complexity index is 1140. The third kappa shape index (κ3) is 22.1. The monoisotopic (exact) mass is 847 g/mol. The van der Waals surface area contributed by atoms with E-state index in [0.717, 1.165) is 44.9 Å². The largest absolute Gasteiger partial charge is 0.462 e. The Morgan fingerprint density at radius 1 is 0.542 bits per heavy atom. The van der Waals surface area contributed by atoms with Gasteiger partial charge in [0.15, 0.2) is 18.7 Å². The van der Waals surface area contributed by atoms with Crippen LogP contribution in [0.1, 0.15) is 149 Å². The normalized spacial score (nSPS) is 28.0. The van der Waals surface area contributed by atoms with Crippen molar-refractivity contribution in [2.75, 3.05) is 26.4 Å². The predicted octanol–water partition coefficient (Wildman–Crippen LogP) is 4.43. The third-order valence-corrected chi connectivity index (χ3v) is 10.7. The van der Waals surface area contributed by atoms with Gasteiger partial charge in [-0.15, -0.1) is 0 Å². The molecule has 15 nitrogen and oxygen atoms in total. The number of hydrogen-bond donors (Lipinski definition) is 7. The predicted molar refractivity (Wildman–Crippen MR) is 220 cm³/mol. The molecule has 7 N–H and O–H groups in total. The van der Waals surface area contributed by atoms with Crippen molar-refractivity contribution in [1.29, 1.82) is 0 Å². The van der Waals surface area contributed by atoms with E-state index in [2.05, 4.69) is 38.2 Å². The lowest BCUT2D eigenvalue weighted by atomic mass is 9.98. The van der Waals surface area contributed by atoms with E-state index in [-0.39, 0.29) is 19.4 Å². The molecule has 344 valence electrons. The van der Waals surface area contributed by atoms with E-state index in [1.165, 1.54) is 64.2 Å². The highest BCUT2D eigenvalue weighted by Gasteiger charge is 2.47. The van der Waals surface area contributed by atoms with Gasteiger partial charge in [0.1, 0.15) is 55.4 Å². The van der Waals surface area contributed by atoms with E-state index in [1.54, 1.807) is 0 Å². The van der Waals surface area contributed by atoms with Crippen molar-refractivity contribution in [3.8, 4) is 0 Å². The van der Waals surface area contributed by atoms with Crippen LogP contribution in [0.25, 0.3) is 0 Å². The minimum absolute atomic E-state index is 0.125. The second-order valence-electron chi connectivity index (χ2n) is 15.9. The van der Waals surface area contributed by atoms with E-state index in [4.69, 9.17) is 28.4 Å². The van der Waals surface area contributed by atoms with Crippen molar-refractivity contribution in [1.82, 2.24) is 0 Å². The molecule has 15 heteroatoms. The lowest BCUT2D eigenvalue weighted by molar-refractivity contribution is -0.332. The maximum atomic E-state index is 12.9. The third-order valence-electron chi connectivity index (χ3n) is 10.7. The molecule has 11 atom stereocenters. The number of unbranched alkanes of at least 4 members (excludes halogenated alkanes) is 15. The van der Waals surface area contributed by atoms with Crippen LogP contribution in [-0.2, 0) is 38.0 Å². The molecule has 59 heavy (non-hydrogen) atoms. The molecule has 0 aromatic carbocycles. The molecule has 0 aromatic rings. The van der Waals surface area contributed by atoms with Gasteiger partial charge in [-0.2, -0.15) is 0 Å². The fourth-order valence-corrected chi connectivity index (χ4v) is 6.89. The average molecular weight is 847 g/mol. The van der Waals surface area contributed by atoms with Gasteiger partial charge >= 0.3 is 11.9 Å². The summed E-state index contributed by atoms with van der Waals surface area (Å²) >= 11 is 0. The van der Waals surface area contributed by atoms with Crippen LogP contribution in [0.4, 0.5) is 0 Å². The Kier molecular flexibility index (Phi) is 29.4.